The van der Waals surface area contributed by atoms with E-state index < -0.39 is 35.1 Å². The molecule has 0 amide bonds. The highest BCUT2D eigenvalue weighted by Gasteiger charge is 2.62. The van der Waals surface area contributed by atoms with Crippen molar-refractivity contribution in [2.45, 2.75) is 18.4 Å². The largest absolute Gasteiger partial charge is 0.475 e. The van der Waals surface area contributed by atoms with E-state index in [1.807, 2.05) is 0 Å². The van der Waals surface area contributed by atoms with Gasteiger partial charge in [0.15, 0.2) is 0 Å². The summed E-state index contributed by atoms with van der Waals surface area (Å²) in [6.45, 7) is 0. The minimum absolute atomic E-state index is 0.367. The lowest BCUT2D eigenvalue weighted by atomic mass is 10.4. The van der Waals surface area contributed by atoms with Crippen LogP contribution in [0.3, 0.4) is 0 Å². The molecular weight excluding hydrogens is 276 g/mol. The Bertz CT molecular complexity index is 310. The first-order valence-corrected chi connectivity index (χ1v) is 3.53. The number of nitrogens with zero attached hydrogens (tertiary/aromatic N) is 1. The van der Waals surface area contributed by atoms with Crippen molar-refractivity contribution in [2.24, 2.45) is 0 Å². The second kappa shape index (κ2) is 4.26. The molecule has 17 heavy (non-hydrogen) atoms. The third kappa shape index (κ3) is 3.16. The molecule has 0 atom stereocenters. The fraction of sp³-hybridized carbons (Fsp3) is 0.667. The van der Waals surface area contributed by atoms with Gasteiger partial charge in [0.05, 0.1) is 0 Å². The monoisotopic (exact) mass is 279 g/mol. The number of hydrogen-bond donors (Lipinski definition) is 0. The molecular formula is C6H3F10N. The van der Waals surface area contributed by atoms with E-state index in [1.54, 1.807) is 0 Å². The van der Waals surface area contributed by atoms with Crippen LogP contribution >= 0.6 is 0 Å². The first kappa shape index (κ1) is 15.8. The Kier molecular flexibility index (Phi) is 3.97. The molecule has 0 aromatic heterocycles. The van der Waals surface area contributed by atoms with Crippen LogP contribution in [0, 0.1) is 0 Å². The van der Waals surface area contributed by atoms with Gasteiger partial charge in [0.25, 0.3) is 5.83 Å². The molecule has 0 N–H and O–H groups in total. The smallest absolute Gasteiger partial charge is 0.282 e. The summed E-state index contributed by atoms with van der Waals surface area (Å²) in [6.07, 6.45) is -12.4. The average Bonchev–Trinajstić information content (AvgIpc) is 2.10. The van der Waals surface area contributed by atoms with Gasteiger partial charge in [-0.15, -0.1) is 0 Å². The Hall–Kier alpha value is -1.16. The number of allylic oxidation sites excluding steroid dienone is 1. The molecule has 0 radical (unpaired) electrons. The van der Waals surface area contributed by atoms with Crippen molar-refractivity contribution >= 4 is 0 Å². The van der Waals surface area contributed by atoms with E-state index in [0.717, 1.165) is 0 Å². The van der Waals surface area contributed by atoms with Crippen LogP contribution in [0.4, 0.5) is 43.9 Å². The van der Waals surface area contributed by atoms with Gasteiger partial charge in [0.1, 0.15) is 0 Å². The van der Waals surface area contributed by atoms with Crippen LogP contribution in [0.25, 0.3) is 0 Å². The van der Waals surface area contributed by atoms with Crippen molar-refractivity contribution in [2.75, 3.05) is 7.05 Å². The summed E-state index contributed by atoms with van der Waals surface area (Å²) >= 11 is 0. The second-order valence-corrected chi connectivity index (χ2v) is 2.70. The fourth-order valence-corrected chi connectivity index (χ4v) is 0.578. The molecule has 0 heterocycles. The molecule has 0 fully saturated rings. The zero-order valence-corrected chi connectivity index (χ0v) is 7.73. The summed E-state index contributed by atoms with van der Waals surface area (Å²) in [5.74, 6) is -7.04. The molecule has 0 aliphatic carbocycles. The highest BCUT2D eigenvalue weighted by molar-refractivity contribution is 5.06. The molecule has 0 aromatic carbocycles. The van der Waals surface area contributed by atoms with Crippen LogP contribution < -0.4 is 0 Å². The number of rotatable bonds is 2. The normalized spacial score (nSPS) is 15.7. The Balaban J connectivity index is 5.42. The van der Waals surface area contributed by atoms with Gasteiger partial charge >= 0.3 is 18.4 Å². The Morgan fingerprint density at radius 1 is 0.824 bits per heavy atom. The number of alkyl halides is 8. The highest BCUT2D eigenvalue weighted by atomic mass is 19.4. The van der Waals surface area contributed by atoms with E-state index in [-0.39, 0.29) is 7.05 Å². The van der Waals surface area contributed by atoms with Gasteiger partial charge in [-0.1, -0.05) is 0 Å². The van der Waals surface area contributed by atoms with Crippen molar-refractivity contribution in [3.8, 4) is 0 Å². The molecule has 11 heteroatoms. The van der Waals surface area contributed by atoms with Gasteiger partial charge in [-0.25, -0.2) is 0 Å². The minimum atomic E-state index is -6.36. The lowest BCUT2D eigenvalue weighted by molar-refractivity contribution is -0.333. The molecule has 0 unspecified atom stereocenters. The van der Waals surface area contributed by atoms with Crippen LogP contribution in [0.5, 0.6) is 0 Å². The summed E-state index contributed by atoms with van der Waals surface area (Å²) < 4.78 is 119. The fourth-order valence-electron chi connectivity index (χ4n) is 0.578. The van der Waals surface area contributed by atoms with E-state index in [9.17, 15) is 43.9 Å². The summed E-state index contributed by atoms with van der Waals surface area (Å²) in [5.41, 5.74) is 0. The van der Waals surface area contributed by atoms with Crippen molar-refractivity contribution in [3.05, 3.63) is 11.8 Å². The van der Waals surface area contributed by atoms with E-state index in [0.29, 0.717) is 0 Å². The Morgan fingerprint density at radius 2 is 1.18 bits per heavy atom. The molecule has 0 aromatic rings. The third-order valence-electron chi connectivity index (χ3n) is 1.49. The summed E-state index contributed by atoms with van der Waals surface area (Å²) in [5, 5.41) is 0. The van der Waals surface area contributed by atoms with E-state index >= 15 is 0 Å². The first-order chi connectivity index (χ1) is 7.23. The van der Waals surface area contributed by atoms with Crippen LogP contribution in [-0.4, -0.2) is 30.3 Å². The molecule has 0 aliphatic rings. The molecule has 0 saturated heterocycles. The van der Waals surface area contributed by atoms with E-state index in [2.05, 4.69) is 0 Å². The number of halogens is 10. The van der Waals surface area contributed by atoms with Gasteiger partial charge in [0, 0.05) is 7.05 Å². The van der Waals surface area contributed by atoms with Crippen molar-refractivity contribution in [3.63, 3.8) is 0 Å². The summed E-state index contributed by atoms with van der Waals surface area (Å²) in [7, 11) is -0.367. The van der Waals surface area contributed by atoms with Crippen LogP contribution in [0.1, 0.15) is 0 Å². The Labute approximate surface area is 87.3 Å². The maximum Gasteiger partial charge on any atom is 0.475 e. The average molecular weight is 279 g/mol. The van der Waals surface area contributed by atoms with Gasteiger partial charge < -0.3 is 0 Å². The Morgan fingerprint density at radius 3 is 1.41 bits per heavy atom. The predicted octanol–water partition coefficient (Wildman–Crippen LogP) is 3.74. The quantitative estimate of drug-likeness (QED) is 0.549. The standard InChI is InChI=1S/C6H3F10N/c1-17(6(15,16)5(12,13)14)3(8)2(7)4(9,10)11/h1H3/b3-2-. The van der Waals surface area contributed by atoms with E-state index in [1.165, 1.54) is 0 Å². The van der Waals surface area contributed by atoms with Crippen LogP contribution in [0.2, 0.25) is 0 Å². The van der Waals surface area contributed by atoms with E-state index in [4.69, 9.17) is 0 Å². The van der Waals surface area contributed by atoms with Gasteiger partial charge in [0.2, 0.25) is 5.95 Å². The highest BCUT2D eigenvalue weighted by Crippen LogP contribution is 2.41. The lowest BCUT2D eigenvalue weighted by Gasteiger charge is -2.29. The maximum atomic E-state index is 12.4. The van der Waals surface area contributed by atoms with Gasteiger partial charge in [-0.2, -0.15) is 43.9 Å². The summed E-state index contributed by atoms with van der Waals surface area (Å²) in [6, 6.07) is -5.97. The molecule has 1 nitrogen and oxygen atoms in total. The van der Waals surface area contributed by atoms with Crippen LogP contribution in [-0.2, 0) is 0 Å². The van der Waals surface area contributed by atoms with Gasteiger partial charge in [-0.05, 0) is 0 Å². The molecule has 0 bridgehead atoms. The van der Waals surface area contributed by atoms with Crippen LogP contribution in [0.15, 0.2) is 11.8 Å². The maximum absolute atomic E-state index is 12.4. The number of hydrogen-bond acceptors (Lipinski definition) is 1. The topological polar surface area (TPSA) is 3.24 Å². The van der Waals surface area contributed by atoms with Gasteiger partial charge in [-0.3, -0.25) is 4.90 Å². The molecule has 102 valence electrons. The zero-order chi connectivity index (χ0) is 14.2. The molecule has 0 rings (SSSR count). The lowest BCUT2D eigenvalue weighted by Crippen LogP contribution is -2.49. The first-order valence-electron chi connectivity index (χ1n) is 3.53. The third-order valence-corrected chi connectivity index (χ3v) is 1.49. The zero-order valence-electron chi connectivity index (χ0n) is 7.73. The second-order valence-electron chi connectivity index (χ2n) is 2.70. The van der Waals surface area contributed by atoms with Crippen molar-refractivity contribution in [1.29, 1.82) is 0 Å². The summed E-state index contributed by atoms with van der Waals surface area (Å²) in [4.78, 5) is -1.78. The molecule has 0 spiro atoms. The van der Waals surface area contributed by atoms with Crippen molar-refractivity contribution in [1.82, 2.24) is 4.90 Å². The predicted molar refractivity (Wildman–Crippen MR) is 34.1 cm³/mol. The molecule has 0 saturated carbocycles. The molecule has 0 aliphatic heterocycles. The minimum Gasteiger partial charge on any atom is -0.282 e. The SMILES string of the molecule is CN(/C(F)=C(\F)C(F)(F)F)C(F)(F)C(F)(F)F. The van der Waals surface area contributed by atoms with Crippen molar-refractivity contribution < 1.29 is 43.9 Å².